The molecule has 5 nitrogen and oxygen atoms in total. The number of carboxylic acids is 1. The Labute approximate surface area is 158 Å². The molecule has 0 aromatic heterocycles. The number of benzene rings is 1. The normalized spacial score (nSPS) is 14.0. The van der Waals surface area contributed by atoms with Crippen molar-refractivity contribution in [2.45, 2.75) is 45.0 Å². The molecule has 0 fully saturated rings. The van der Waals surface area contributed by atoms with Gasteiger partial charge in [0.2, 0.25) is 0 Å². The summed E-state index contributed by atoms with van der Waals surface area (Å²) in [6, 6.07) is 7.37. The van der Waals surface area contributed by atoms with E-state index in [1.54, 1.807) is 6.08 Å². The lowest BCUT2D eigenvalue weighted by Gasteiger charge is -2.39. The topological polar surface area (TPSA) is 59.0 Å². The lowest BCUT2D eigenvalue weighted by molar-refractivity contribution is -0.131. The van der Waals surface area contributed by atoms with Gasteiger partial charge in [-0.25, -0.2) is 4.79 Å². The number of hydrogen-bond donors (Lipinski definition) is 1. The predicted molar refractivity (Wildman–Crippen MR) is 109 cm³/mol. The van der Waals surface area contributed by atoms with Crippen molar-refractivity contribution < 1.29 is 19.1 Å². The Balaban J connectivity index is 2.73. The third kappa shape index (κ3) is 7.72. The van der Waals surface area contributed by atoms with E-state index in [-0.39, 0.29) is 11.1 Å². The second kappa shape index (κ2) is 9.35. The van der Waals surface area contributed by atoms with E-state index in [0.29, 0.717) is 6.61 Å². The minimum Gasteiger partial charge on any atom is -0.491 e. The van der Waals surface area contributed by atoms with Gasteiger partial charge in [0.25, 0.3) is 0 Å². The molecule has 1 N–H and O–H groups in total. The van der Waals surface area contributed by atoms with E-state index in [1.165, 1.54) is 0 Å². The summed E-state index contributed by atoms with van der Waals surface area (Å²) in [5.41, 5.74) is 0.821. The van der Waals surface area contributed by atoms with Crippen LogP contribution in [0.4, 0.5) is 0 Å². The minimum atomic E-state index is -1.87. The van der Waals surface area contributed by atoms with Crippen LogP contribution in [0.3, 0.4) is 0 Å². The van der Waals surface area contributed by atoms with Crippen molar-refractivity contribution in [1.82, 2.24) is 4.90 Å². The van der Waals surface area contributed by atoms with Crippen molar-refractivity contribution in [3.8, 4) is 5.75 Å². The van der Waals surface area contributed by atoms with Crippen LogP contribution in [0, 0.1) is 0 Å². The molecule has 0 bridgehead atoms. The maximum Gasteiger partial charge on any atom is 0.328 e. The summed E-state index contributed by atoms with van der Waals surface area (Å²) in [5.74, 6) is -0.209. The minimum absolute atomic E-state index is 0.00234. The molecule has 0 radical (unpaired) electrons. The van der Waals surface area contributed by atoms with E-state index >= 15 is 0 Å². The lowest BCUT2D eigenvalue weighted by atomic mass is 10.2. The zero-order valence-corrected chi connectivity index (χ0v) is 18.1. The first-order chi connectivity index (χ1) is 11.9. The summed E-state index contributed by atoms with van der Waals surface area (Å²) >= 11 is 0. The molecule has 1 aromatic carbocycles. The molecule has 0 aliphatic carbocycles. The maximum atomic E-state index is 10.6. The molecule has 1 atom stereocenters. The summed E-state index contributed by atoms with van der Waals surface area (Å²) < 4.78 is 12.5. The van der Waals surface area contributed by atoms with Crippen LogP contribution in [0.15, 0.2) is 30.3 Å². The summed E-state index contributed by atoms with van der Waals surface area (Å²) in [6.45, 7) is 12.5. The average Bonchev–Trinajstić information content (AvgIpc) is 2.49. The highest BCUT2D eigenvalue weighted by atomic mass is 28.4. The molecular weight excluding hydrogens is 346 g/mol. The molecule has 0 saturated heterocycles. The molecule has 0 saturated carbocycles. The van der Waals surface area contributed by atoms with Gasteiger partial charge in [-0.3, -0.25) is 0 Å². The predicted octanol–water partition coefficient (Wildman–Crippen LogP) is 4.12. The number of nitrogens with zero attached hydrogens (tertiary/aromatic N) is 1. The van der Waals surface area contributed by atoms with Crippen LogP contribution in [0.2, 0.25) is 18.1 Å². The second-order valence-corrected chi connectivity index (χ2v) is 13.1. The van der Waals surface area contributed by atoms with Gasteiger partial charge in [-0.05, 0) is 56.0 Å². The second-order valence-electron chi connectivity index (χ2n) is 8.31. The average molecular weight is 380 g/mol. The first-order valence-corrected chi connectivity index (χ1v) is 11.8. The van der Waals surface area contributed by atoms with Gasteiger partial charge in [0.15, 0.2) is 8.32 Å². The molecular formula is C20H33NO4Si. The Kier molecular flexibility index (Phi) is 8.05. The largest absolute Gasteiger partial charge is 0.491 e. The Hall–Kier alpha value is -1.63. The molecule has 0 heterocycles. The molecule has 0 amide bonds. The number of carbonyl (C=O) groups is 1. The fraction of sp³-hybridized carbons (Fsp3) is 0.550. The fourth-order valence-electron chi connectivity index (χ4n) is 2.16. The number of ether oxygens (including phenoxy) is 1. The molecule has 1 aromatic rings. The van der Waals surface area contributed by atoms with Gasteiger partial charge in [0.05, 0.1) is 6.10 Å². The number of aliphatic carboxylic acids is 1. The van der Waals surface area contributed by atoms with Crippen molar-refractivity contribution in [1.29, 1.82) is 0 Å². The molecule has 146 valence electrons. The van der Waals surface area contributed by atoms with Gasteiger partial charge < -0.3 is 19.2 Å². The smallest absolute Gasteiger partial charge is 0.328 e. The summed E-state index contributed by atoms with van der Waals surface area (Å²) in [5, 5.41) is 8.82. The van der Waals surface area contributed by atoms with Crippen LogP contribution in [-0.2, 0) is 9.22 Å². The van der Waals surface area contributed by atoms with Crippen LogP contribution in [-0.4, -0.2) is 57.6 Å². The van der Waals surface area contributed by atoms with E-state index < -0.39 is 14.3 Å². The number of rotatable bonds is 9. The van der Waals surface area contributed by atoms with Crippen molar-refractivity contribution in [2.24, 2.45) is 0 Å². The van der Waals surface area contributed by atoms with Crippen molar-refractivity contribution in [3.63, 3.8) is 0 Å². The van der Waals surface area contributed by atoms with E-state index in [4.69, 9.17) is 14.3 Å². The molecule has 6 heteroatoms. The van der Waals surface area contributed by atoms with E-state index in [9.17, 15) is 4.79 Å². The van der Waals surface area contributed by atoms with Crippen LogP contribution in [0.25, 0.3) is 6.08 Å². The van der Waals surface area contributed by atoms with Crippen LogP contribution < -0.4 is 4.74 Å². The lowest BCUT2D eigenvalue weighted by Crippen LogP contribution is -2.48. The van der Waals surface area contributed by atoms with Crippen molar-refractivity contribution >= 4 is 20.4 Å². The molecule has 0 spiro atoms. The van der Waals surface area contributed by atoms with E-state index in [0.717, 1.165) is 23.9 Å². The van der Waals surface area contributed by atoms with E-state index in [1.807, 2.05) is 38.4 Å². The van der Waals surface area contributed by atoms with Crippen molar-refractivity contribution in [2.75, 3.05) is 27.2 Å². The van der Waals surface area contributed by atoms with Gasteiger partial charge in [-0.15, -0.1) is 0 Å². The van der Waals surface area contributed by atoms with Crippen molar-refractivity contribution in [3.05, 3.63) is 35.9 Å². The molecule has 26 heavy (non-hydrogen) atoms. The summed E-state index contributed by atoms with van der Waals surface area (Å²) in [7, 11) is 2.19. The first-order valence-electron chi connectivity index (χ1n) is 8.87. The summed E-state index contributed by atoms with van der Waals surface area (Å²) in [4.78, 5) is 12.7. The molecule has 1 rings (SSSR count). The Bertz CT molecular complexity index is 603. The first kappa shape index (κ1) is 22.4. The Morgan fingerprint density at radius 3 is 2.27 bits per heavy atom. The monoisotopic (exact) mass is 379 g/mol. The summed E-state index contributed by atoms with van der Waals surface area (Å²) in [6.07, 6.45) is 2.68. The van der Waals surface area contributed by atoms with Crippen LogP contribution in [0.5, 0.6) is 5.75 Å². The third-order valence-electron chi connectivity index (χ3n) is 4.57. The number of likely N-dealkylation sites (N-methyl/N-ethyl adjacent to an activating group) is 1. The molecule has 0 aliphatic heterocycles. The Morgan fingerprint density at radius 2 is 1.81 bits per heavy atom. The fourth-order valence-corrected chi connectivity index (χ4v) is 3.49. The zero-order valence-electron chi connectivity index (χ0n) is 17.1. The van der Waals surface area contributed by atoms with Gasteiger partial charge in [0.1, 0.15) is 12.4 Å². The number of hydrogen-bond acceptors (Lipinski definition) is 4. The molecule has 1 unspecified atom stereocenters. The van der Waals surface area contributed by atoms with E-state index in [2.05, 4.69) is 38.8 Å². The zero-order chi connectivity index (χ0) is 20.0. The van der Waals surface area contributed by atoms with Gasteiger partial charge >= 0.3 is 5.97 Å². The van der Waals surface area contributed by atoms with Gasteiger partial charge in [0, 0.05) is 12.6 Å². The van der Waals surface area contributed by atoms with Crippen LogP contribution in [0.1, 0.15) is 26.3 Å². The third-order valence-corrected chi connectivity index (χ3v) is 9.11. The van der Waals surface area contributed by atoms with Gasteiger partial charge in [-0.1, -0.05) is 32.9 Å². The SMILES string of the molecule is CN(C)CC(COc1ccc(C=CC(=O)O)cc1)O[Si](C)(C)C(C)(C)C. The Morgan fingerprint density at radius 1 is 1.23 bits per heavy atom. The molecule has 0 aliphatic rings. The van der Waals surface area contributed by atoms with Crippen LogP contribution >= 0.6 is 0 Å². The quantitative estimate of drug-likeness (QED) is 0.517. The van der Waals surface area contributed by atoms with Gasteiger partial charge in [-0.2, -0.15) is 0 Å². The maximum absolute atomic E-state index is 10.6. The standard InChI is InChI=1S/C20H33NO4Si/c1-20(2,3)26(6,7)25-18(14-21(4)5)15-24-17-11-8-16(9-12-17)10-13-19(22)23/h8-13,18H,14-15H2,1-7H3,(H,22,23). The number of carboxylic acid groups (broad SMARTS) is 1. The highest BCUT2D eigenvalue weighted by Crippen LogP contribution is 2.37. The highest BCUT2D eigenvalue weighted by molar-refractivity contribution is 6.74. The highest BCUT2D eigenvalue weighted by Gasteiger charge is 2.39.